The van der Waals surface area contributed by atoms with Crippen molar-refractivity contribution >= 4 is 12.4 Å². The molecule has 0 unspecified atom stereocenters. The molecule has 1 fully saturated rings. The molecule has 1 saturated carbocycles. The second-order valence-corrected chi connectivity index (χ2v) is 4.99. The Morgan fingerprint density at radius 2 is 2.00 bits per heavy atom. The van der Waals surface area contributed by atoms with Crippen LogP contribution in [-0.4, -0.2) is 35.0 Å². The first kappa shape index (κ1) is 12.0. The minimum Gasteiger partial charge on any atom is -0.458 e. The van der Waals surface area contributed by atoms with Crippen LogP contribution in [0.3, 0.4) is 0 Å². The molecule has 1 aliphatic rings. The second-order valence-electron chi connectivity index (χ2n) is 4.99. The lowest BCUT2D eigenvalue weighted by Gasteiger charge is -2.27. The maximum atomic E-state index is 11.7. The van der Waals surface area contributed by atoms with E-state index in [4.69, 9.17) is 4.74 Å². The highest BCUT2D eigenvalue weighted by Crippen LogP contribution is 2.27. The van der Waals surface area contributed by atoms with Gasteiger partial charge in [0, 0.05) is 6.04 Å². The van der Waals surface area contributed by atoms with Gasteiger partial charge in [0.2, 0.25) is 6.41 Å². The van der Waals surface area contributed by atoms with Crippen LogP contribution >= 0.6 is 0 Å². The molecule has 0 saturated heterocycles. The lowest BCUT2D eigenvalue weighted by atomic mass is 10.2. The molecule has 1 amide bonds. The molecule has 1 rings (SSSR count). The van der Waals surface area contributed by atoms with E-state index in [1.807, 2.05) is 20.8 Å². The number of rotatable bonds is 4. The summed E-state index contributed by atoms with van der Waals surface area (Å²) in [7, 11) is 0. The molecule has 0 aliphatic heterocycles. The number of hydrogen-bond acceptors (Lipinski definition) is 3. The Morgan fingerprint density at radius 3 is 2.33 bits per heavy atom. The molecule has 0 N–H and O–H groups in total. The van der Waals surface area contributed by atoms with Gasteiger partial charge in [0.05, 0.1) is 0 Å². The summed E-state index contributed by atoms with van der Waals surface area (Å²) in [6.45, 7) is 7.17. The maximum Gasteiger partial charge on any atom is 0.329 e. The van der Waals surface area contributed by atoms with Gasteiger partial charge >= 0.3 is 5.97 Å². The molecule has 0 aromatic rings. The Bertz CT molecular complexity index is 253. The van der Waals surface area contributed by atoms with E-state index < -0.39 is 11.6 Å². The number of ether oxygens (including phenoxy) is 1. The van der Waals surface area contributed by atoms with Crippen LogP contribution in [0.25, 0.3) is 0 Å². The van der Waals surface area contributed by atoms with Gasteiger partial charge in [-0.25, -0.2) is 4.79 Å². The van der Waals surface area contributed by atoms with Crippen LogP contribution in [-0.2, 0) is 14.3 Å². The first-order valence-electron chi connectivity index (χ1n) is 5.31. The van der Waals surface area contributed by atoms with Gasteiger partial charge in [-0.05, 0) is 40.5 Å². The number of hydrogen-bond donors (Lipinski definition) is 0. The van der Waals surface area contributed by atoms with Crippen molar-refractivity contribution in [2.45, 2.75) is 58.2 Å². The summed E-state index contributed by atoms with van der Waals surface area (Å²) in [4.78, 5) is 24.0. The number of nitrogens with zero attached hydrogens (tertiary/aromatic N) is 1. The molecule has 0 heterocycles. The minimum atomic E-state index is -0.497. The van der Waals surface area contributed by atoms with E-state index in [1.165, 1.54) is 0 Å². The Morgan fingerprint density at radius 1 is 1.47 bits per heavy atom. The standard InChI is InChI=1S/C11H19NO3/c1-8(10(14)15-11(2,3)4)12(7-13)9-5-6-9/h7-9H,5-6H2,1-4H3/t8-/m0/s1. The van der Waals surface area contributed by atoms with Crippen molar-refractivity contribution in [3.63, 3.8) is 0 Å². The van der Waals surface area contributed by atoms with Crippen LogP contribution in [0.4, 0.5) is 0 Å². The third kappa shape index (κ3) is 3.53. The third-order valence-corrected chi connectivity index (χ3v) is 2.29. The fourth-order valence-electron chi connectivity index (χ4n) is 1.38. The van der Waals surface area contributed by atoms with Crippen LogP contribution in [0.5, 0.6) is 0 Å². The van der Waals surface area contributed by atoms with E-state index in [-0.39, 0.29) is 12.0 Å². The first-order valence-corrected chi connectivity index (χ1v) is 5.31. The molecule has 1 atom stereocenters. The highest BCUT2D eigenvalue weighted by molar-refractivity contribution is 5.78. The van der Waals surface area contributed by atoms with Gasteiger partial charge in [0.1, 0.15) is 11.6 Å². The maximum absolute atomic E-state index is 11.7. The fourth-order valence-corrected chi connectivity index (χ4v) is 1.38. The van der Waals surface area contributed by atoms with E-state index in [0.717, 1.165) is 19.3 Å². The molecule has 0 bridgehead atoms. The van der Waals surface area contributed by atoms with Gasteiger partial charge < -0.3 is 9.64 Å². The van der Waals surface area contributed by atoms with Gasteiger partial charge in [-0.2, -0.15) is 0 Å². The van der Waals surface area contributed by atoms with Gasteiger partial charge in [-0.1, -0.05) is 0 Å². The summed E-state index contributed by atoms with van der Waals surface area (Å²) >= 11 is 0. The molecule has 1 aliphatic carbocycles. The summed E-state index contributed by atoms with van der Waals surface area (Å²) in [5, 5.41) is 0. The van der Waals surface area contributed by atoms with E-state index in [1.54, 1.807) is 11.8 Å². The van der Waals surface area contributed by atoms with E-state index in [0.29, 0.717) is 0 Å². The summed E-state index contributed by atoms with van der Waals surface area (Å²) in [6.07, 6.45) is 2.73. The number of esters is 1. The van der Waals surface area contributed by atoms with Gasteiger partial charge in [-0.15, -0.1) is 0 Å². The molecule has 0 aromatic heterocycles. The van der Waals surface area contributed by atoms with Crippen LogP contribution in [0, 0.1) is 0 Å². The molecular formula is C11H19NO3. The molecule has 86 valence electrons. The first-order chi connectivity index (χ1) is 6.85. The highest BCUT2D eigenvalue weighted by atomic mass is 16.6. The molecule has 0 aromatic carbocycles. The predicted octanol–water partition coefficient (Wildman–Crippen LogP) is 1.34. The van der Waals surface area contributed by atoms with Gasteiger partial charge in [-0.3, -0.25) is 4.79 Å². The molecular weight excluding hydrogens is 194 g/mol. The lowest BCUT2D eigenvalue weighted by molar-refractivity contribution is -0.162. The van der Waals surface area contributed by atoms with Crippen molar-refractivity contribution in [2.24, 2.45) is 0 Å². The third-order valence-electron chi connectivity index (χ3n) is 2.29. The van der Waals surface area contributed by atoms with Crippen LogP contribution in [0.15, 0.2) is 0 Å². The number of carbonyl (C=O) groups is 2. The van der Waals surface area contributed by atoms with E-state index >= 15 is 0 Å². The Balaban J connectivity index is 2.54. The zero-order valence-corrected chi connectivity index (χ0v) is 9.82. The predicted molar refractivity (Wildman–Crippen MR) is 56.2 cm³/mol. The van der Waals surface area contributed by atoms with Gasteiger partial charge in [0.15, 0.2) is 0 Å². The Hall–Kier alpha value is -1.06. The molecule has 4 heteroatoms. The Kier molecular flexibility index (Phi) is 3.37. The monoisotopic (exact) mass is 213 g/mol. The Labute approximate surface area is 90.6 Å². The highest BCUT2D eigenvalue weighted by Gasteiger charge is 2.35. The van der Waals surface area contributed by atoms with Crippen molar-refractivity contribution in [3.05, 3.63) is 0 Å². The summed E-state index contributed by atoms with van der Waals surface area (Å²) < 4.78 is 5.22. The smallest absolute Gasteiger partial charge is 0.329 e. The minimum absolute atomic E-state index is 0.241. The fraction of sp³-hybridized carbons (Fsp3) is 0.818. The van der Waals surface area contributed by atoms with E-state index in [9.17, 15) is 9.59 Å². The number of amides is 1. The van der Waals surface area contributed by atoms with Crippen molar-refractivity contribution in [1.29, 1.82) is 0 Å². The topological polar surface area (TPSA) is 46.6 Å². The average Bonchev–Trinajstić information content (AvgIpc) is 2.86. The summed E-state index contributed by atoms with van der Waals surface area (Å²) in [5.74, 6) is -0.332. The molecule has 0 spiro atoms. The zero-order valence-electron chi connectivity index (χ0n) is 9.82. The normalized spacial score (nSPS) is 18.1. The SMILES string of the molecule is C[C@@H](C(=O)OC(C)(C)C)N(C=O)C1CC1. The molecule has 0 radical (unpaired) electrons. The van der Waals surface area contributed by atoms with Crippen molar-refractivity contribution < 1.29 is 14.3 Å². The van der Waals surface area contributed by atoms with E-state index in [2.05, 4.69) is 0 Å². The molecule has 4 nitrogen and oxygen atoms in total. The largest absolute Gasteiger partial charge is 0.458 e. The molecule has 15 heavy (non-hydrogen) atoms. The summed E-state index contributed by atoms with van der Waals surface area (Å²) in [6, 6.07) is -0.237. The van der Waals surface area contributed by atoms with Crippen LogP contribution in [0.1, 0.15) is 40.5 Å². The zero-order chi connectivity index (χ0) is 11.6. The van der Waals surface area contributed by atoms with Gasteiger partial charge in [0.25, 0.3) is 0 Å². The number of carbonyl (C=O) groups excluding carboxylic acids is 2. The average molecular weight is 213 g/mol. The summed E-state index contributed by atoms with van der Waals surface area (Å²) in [5.41, 5.74) is -0.497. The van der Waals surface area contributed by atoms with Crippen LogP contribution in [0.2, 0.25) is 0 Å². The second kappa shape index (κ2) is 4.21. The van der Waals surface area contributed by atoms with Crippen molar-refractivity contribution in [3.8, 4) is 0 Å². The van der Waals surface area contributed by atoms with Crippen molar-refractivity contribution in [1.82, 2.24) is 4.90 Å². The quantitative estimate of drug-likeness (QED) is 0.523. The lowest BCUT2D eigenvalue weighted by Crippen LogP contribution is -2.43. The van der Waals surface area contributed by atoms with Crippen LogP contribution < -0.4 is 0 Å². The van der Waals surface area contributed by atoms with Crippen molar-refractivity contribution in [2.75, 3.05) is 0 Å².